The Morgan fingerprint density at radius 1 is 0.964 bits per heavy atom. The van der Waals surface area contributed by atoms with E-state index in [2.05, 4.69) is 0 Å². The molecule has 0 spiro atoms. The Bertz CT molecular complexity index is 963. The highest BCUT2D eigenvalue weighted by molar-refractivity contribution is 7.19. The first-order valence-corrected chi connectivity index (χ1v) is 10.6. The first-order valence-electron chi connectivity index (χ1n) is 9.82. The minimum Gasteiger partial charge on any atom is -0.395 e. The van der Waals surface area contributed by atoms with Crippen molar-refractivity contribution in [1.82, 2.24) is 9.97 Å². The van der Waals surface area contributed by atoms with Gasteiger partial charge >= 0.3 is 0 Å². The van der Waals surface area contributed by atoms with Crippen molar-refractivity contribution in [3.8, 4) is 0 Å². The Hall–Kier alpha value is -2.28. The molecule has 146 valence electrons. The maximum atomic E-state index is 9.53. The number of nitrogens with zero attached hydrogens (tertiary/aromatic N) is 3. The zero-order chi connectivity index (χ0) is 19.3. The van der Waals surface area contributed by atoms with Crippen molar-refractivity contribution >= 4 is 39.5 Å². The summed E-state index contributed by atoms with van der Waals surface area (Å²) in [7, 11) is 0. The highest BCUT2D eigenvalue weighted by Gasteiger charge is 2.23. The van der Waals surface area contributed by atoms with Crippen molar-refractivity contribution < 1.29 is 10.2 Å². The number of benzene rings is 1. The van der Waals surface area contributed by atoms with Gasteiger partial charge in [-0.3, -0.25) is 0 Å². The fraction of sp³-hybridized carbons (Fsp3) is 0.364. The summed E-state index contributed by atoms with van der Waals surface area (Å²) < 4.78 is 0. The van der Waals surface area contributed by atoms with Gasteiger partial charge in [0.05, 0.1) is 18.6 Å². The molecule has 6 heteroatoms. The summed E-state index contributed by atoms with van der Waals surface area (Å²) in [5.41, 5.74) is 2.46. The third-order valence-electron chi connectivity index (χ3n) is 5.08. The minimum atomic E-state index is 0.0208. The summed E-state index contributed by atoms with van der Waals surface area (Å²) in [5.74, 6) is 1.49. The van der Waals surface area contributed by atoms with Gasteiger partial charge in [-0.25, -0.2) is 9.97 Å². The summed E-state index contributed by atoms with van der Waals surface area (Å²) in [6.07, 6.45) is 8.52. The van der Waals surface area contributed by atoms with E-state index >= 15 is 0 Å². The first-order chi connectivity index (χ1) is 13.8. The molecule has 4 rings (SSSR count). The molecule has 0 saturated carbocycles. The van der Waals surface area contributed by atoms with Crippen molar-refractivity contribution in [2.75, 3.05) is 31.2 Å². The van der Waals surface area contributed by atoms with Crippen LogP contribution in [0.5, 0.6) is 0 Å². The maximum absolute atomic E-state index is 9.53. The molecule has 1 aliphatic carbocycles. The molecule has 28 heavy (non-hydrogen) atoms. The van der Waals surface area contributed by atoms with Crippen LogP contribution in [0.1, 0.15) is 34.7 Å². The van der Waals surface area contributed by atoms with Gasteiger partial charge in [-0.2, -0.15) is 0 Å². The van der Waals surface area contributed by atoms with Gasteiger partial charge in [0, 0.05) is 18.0 Å². The van der Waals surface area contributed by atoms with Crippen molar-refractivity contribution in [2.45, 2.75) is 25.7 Å². The molecule has 2 N–H and O–H groups in total. The lowest BCUT2D eigenvalue weighted by Crippen LogP contribution is -2.31. The van der Waals surface area contributed by atoms with Crippen LogP contribution in [0.2, 0.25) is 0 Å². The number of aliphatic hydroxyl groups excluding tert-OH is 2. The van der Waals surface area contributed by atoms with Crippen molar-refractivity contribution in [3.05, 3.63) is 52.2 Å². The number of anilines is 1. The van der Waals surface area contributed by atoms with Crippen LogP contribution in [0, 0.1) is 0 Å². The van der Waals surface area contributed by atoms with Gasteiger partial charge in [0.1, 0.15) is 10.6 Å². The molecular formula is C22H25N3O2S. The normalized spacial score (nSPS) is 13.9. The third-order valence-corrected chi connectivity index (χ3v) is 6.26. The van der Waals surface area contributed by atoms with Crippen LogP contribution in [0.4, 0.5) is 5.82 Å². The Morgan fingerprint density at radius 3 is 2.46 bits per heavy atom. The van der Waals surface area contributed by atoms with E-state index in [1.54, 1.807) is 11.3 Å². The van der Waals surface area contributed by atoms with E-state index in [4.69, 9.17) is 9.97 Å². The lowest BCUT2D eigenvalue weighted by Gasteiger charge is -2.23. The topological polar surface area (TPSA) is 69.5 Å². The number of aliphatic hydroxyl groups is 2. The molecule has 0 atom stereocenters. The van der Waals surface area contributed by atoms with Crippen molar-refractivity contribution in [3.63, 3.8) is 0 Å². The van der Waals surface area contributed by atoms with E-state index in [0.717, 1.165) is 34.4 Å². The molecule has 0 fully saturated rings. The predicted octanol–water partition coefficient (Wildman–Crippen LogP) is 3.53. The smallest absolute Gasteiger partial charge is 0.155 e. The number of fused-ring (bicyclic) bond motifs is 3. The predicted molar refractivity (Wildman–Crippen MR) is 116 cm³/mol. The molecule has 5 nitrogen and oxygen atoms in total. The van der Waals surface area contributed by atoms with E-state index in [-0.39, 0.29) is 13.2 Å². The summed E-state index contributed by atoms with van der Waals surface area (Å²) in [4.78, 5) is 14.1. The Balaban J connectivity index is 1.82. The molecule has 2 aromatic heterocycles. The van der Waals surface area contributed by atoms with Crippen LogP contribution in [-0.2, 0) is 12.8 Å². The van der Waals surface area contributed by atoms with E-state index in [0.29, 0.717) is 18.9 Å². The monoisotopic (exact) mass is 395 g/mol. The average molecular weight is 396 g/mol. The Kier molecular flexibility index (Phi) is 6.00. The second-order valence-electron chi connectivity index (χ2n) is 6.97. The second-order valence-corrected chi connectivity index (χ2v) is 8.06. The Labute approximate surface area is 169 Å². The molecular weight excluding hydrogens is 370 g/mol. The molecule has 0 saturated heterocycles. The number of hydrogen-bond donors (Lipinski definition) is 2. The molecule has 3 aromatic rings. The summed E-state index contributed by atoms with van der Waals surface area (Å²) in [5, 5.41) is 20.2. The minimum absolute atomic E-state index is 0.0208. The fourth-order valence-electron chi connectivity index (χ4n) is 3.76. The lowest BCUT2D eigenvalue weighted by atomic mass is 9.97. The summed E-state index contributed by atoms with van der Waals surface area (Å²) >= 11 is 1.77. The molecule has 1 aliphatic rings. The zero-order valence-corrected chi connectivity index (χ0v) is 16.7. The quantitative estimate of drug-likeness (QED) is 0.640. The van der Waals surface area contributed by atoms with Crippen molar-refractivity contribution in [2.24, 2.45) is 0 Å². The van der Waals surface area contributed by atoms with Gasteiger partial charge in [-0.05, 0) is 42.9 Å². The SMILES string of the molecule is OCCN(CCO)c1nc(C=Cc2ccccc2)nc2sc3c(c12)CCCC3. The van der Waals surface area contributed by atoms with Crippen LogP contribution >= 0.6 is 11.3 Å². The molecule has 0 bridgehead atoms. The third kappa shape index (κ3) is 3.94. The number of thiophene rings is 1. The number of rotatable bonds is 7. The number of aryl methyl sites for hydroxylation is 2. The van der Waals surface area contributed by atoms with Crippen LogP contribution in [0.15, 0.2) is 30.3 Å². The molecule has 2 heterocycles. The first kappa shape index (κ1) is 19.1. The summed E-state index contributed by atoms with van der Waals surface area (Å²) in [6.45, 7) is 0.929. The molecule has 0 aliphatic heterocycles. The van der Waals surface area contributed by atoms with Crippen molar-refractivity contribution in [1.29, 1.82) is 0 Å². The molecule has 0 radical (unpaired) electrons. The van der Waals surface area contributed by atoms with E-state index in [1.165, 1.54) is 23.3 Å². The van der Waals surface area contributed by atoms with Crippen LogP contribution in [0.3, 0.4) is 0 Å². The lowest BCUT2D eigenvalue weighted by molar-refractivity contribution is 0.281. The maximum Gasteiger partial charge on any atom is 0.155 e. The van der Waals surface area contributed by atoms with E-state index < -0.39 is 0 Å². The largest absolute Gasteiger partial charge is 0.395 e. The summed E-state index contributed by atoms with van der Waals surface area (Å²) in [6, 6.07) is 10.1. The fourth-order valence-corrected chi connectivity index (χ4v) is 5.02. The standard InChI is InChI=1S/C22H25N3O2S/c26-14-12-25(13-15-27)21-20-17-8-4-5-9-18(17)28-22(20)24-19(23-21)11-10-16-6-2-1-3-7-16/h1-3,6-7,10-11,26-27H,4-5,8-9,12-15H2. The van der Waals surface area contributed by atoms with Crippen LogP contribution < -0.4 is 4.90 Å². The van der Waals surface area contributed by atoms with E-state index in [1.807, 2.05) is 47.4 Å². The zero-order valence-electron chi connectivity index (χ0n) is 15.8. The van der Waals surface area contributed by atoms with Crippen LogP contribution in [-0.4, -0.2) is 46.5 Å². The van der Waals surface area contributed by atoms with Gasteiger partial charge in [0.15, 0.2) is 5.82 Å². The highest BCUT2D eigenvalue weighted by Crippen LogP contribution is 2.39. The Morgan fingerprint density at radius 2 is 1.71 bits per heavy atom. The van der Waals surface area contributed by atoms with E-state index in [9.17, 15) is 10.2 Å². The van der Waals surface area contributed by atoms with Gasteiger partial charge < -0.3 is 15.1 Å². The van der Waals surface area contributed by atoms with Gasteiger partial charge in [-0.1, -0.05) is 36.4 Å². The molecule has 0 amide bonds. The number of aromatic nitrogens is 2. The van der Waals surface area contributed by atoms with Gasteiger partial charge in [0.2, 0.25) is 0 Å². The molecule has 1 aromatic carbocycles. The molecule has 0 unspecified atom stereocenters. The average Bonchev–Trinajstić information content (AvgIpc) is 3.11. The van der Waals surface area contributed by atoms with Crippen LogP contribution in [0.25, 0.3) is 22.4 Å². The van der Waals surface area contributed by atoms with Gasteiger partial charge in [0.25, 0.3) is 0 Å². The highest BCUT2D eigenvalue weighted by atomic mass is 32.1. The second kappa shape index (κ2) is 8.82. The van der Waals surface area contributed by atoms with Gasteiger partial charge in [-0.15, -0.1) is 11.3 Å². The number of hydrogen-bond acceptors (Lipinski definition) is 6.